The zero-order chi connectivity index (χ0) is 8.85. The van der Waals surface area contributed by atoms with Crippen molar-refractivity contribution in [2.45, 2.75) is 19.9 Å². The van der Waals surface area contributed by atoms with Gasteiger partial charge in [0.05, 0.1) is 7.11 Å². The molecule has 0 saturated carbocycles. The molecule has 0 fully saturated rings. The van der Waals surface area contributed by atoms with Gasteiger partial charge in [-0.15, -0.1) is 0 Å². The molecule has 11 heavy (non-hydrogen) atoms. The second kappa shape index (κ2) is 4.96. The molecule has 0 aromatic rings. The van der Waals surface area contributed by atoms with E-state index in [0.717, 1.165) is 0 Å². The highest BCUT2D eigenvalue weighted by Gasteiger charge is 2.13. The van der Waals surface area contributed by atoms with Gasteiger partial charge in [0.15, 0.2) is 0 Å². The van der Waals surface area contributed by atoms with Crippen LogP contribution in [0.4, 0.5) is 4.79 Å². The third-order valence-electron chi connectivity index (χ3n) is 1.67. The van der Waals surface area contributed by atoms with Crippen LogP contribution in [0.2, 0.25) is 0 Å². The average molecular weight is 161 g/mol. The Labute approximate surface area is 66.5 Å². The van der Waals surface area contributed by atoms with Crippen LogP contribution in [-0.2, 0) is 4.74 Å². The maximum atomic E-state index is 10.6. The number of hydrogen-bond donors (Lipinski definition) is 2. The third-order valence-corrected chi connectivity index (χ3v) is 1.67. The van der Waals surface area contributed by atoms with Crippen molar-refractivity contribution in [3.63, 3.8) is 0 Å². The van der Waals surface area contributed by atoms with Gasteiger partial charge in [-0.2, -0.15) is 0 Å². The van der Waals surface area contributed by atoms with E-state index >= 15 is 0 Å². The lowest BCUT2D eigenvalue weighted by Gasteiger charge is -2.17. The molecule has 0 aliphatic heterocycles. The Morgan fingerprint density at radius 1 is 1.64 bits per heavy atom. The van der Waals surface area contributed by atoms with Gasteiger partial charge in [-0.3, -0.25) is 0 Å². The maximum absolute atomic E-state index is 10.6. The summed E-state index contributed by atoms with van der Waals surface area (Å²) in [7, 11) is 1.31. The van der Waals surface area contributed by atoms with Gasteiger partial charge >= 0.3 is 6.09 Å². The van der Waals surface area contributed by atoms with Crippen LogP contribution in [0.5, 0.6) is 0 Å². The summed E-state index contributed by atoms with van der Waals surface area (Å²) in [5.41, 5.74) is 0. The number of aliphatic hydroxyl groups excluding tert-OH is 1. The van der Waals surface area contributed by atoms with Gasteiger partial charge in [-0.1, -0.05) is 6.92 Å². The van der Waals surface area contributed by atoms with Gasteiger partial charge in [0.25, 0.3) is 0 Å². The summed E-state index contributed by atoms with van der Waals surface area (Å²) in [5, 5.41) is 11.3. The number of ether oxygens (including phenoxy) is 1. The lowest BCUT2D eigenvalue weighted by Crippen LogP contribution is -2.38. The quantitative estimate of drug-likeness (QED) is 0.628. The number of aliphatic hydroxyl groups is 1. The van der Waals surface area contributed by atoms with Crippen molar-refractivity contribution in [1.82, 2.24) is 5.32 Å². The maximum Gasteiger partial charge on any atom is 0.407 e. The van der Waals surface area contributed by atoms with E-state index < -0.39 is 6.09 Å². The van der Waals surface area contributed by atoms with Gasteiger partial charge in [-0.05, 0) is 12.8 Å². The monoisotopic (exact) mass is 161 g/mol. The van der Waals surface area contributed by atoms with Crippen molar-refractivity contribution in [2.75, 3.05) is 13.7 Å². The first-order valence-electron chi connectivity index (χ1n) is 3.57. The Morgan fingerprint density at radius 3 is 2.55 bits per heavy atom. The minimum Gasteiger partial charge on any atom is -0.453 e. The molecule has 0 heterocycles. The zero-order valence-corrected chi connectivity index (χ0v) is 7.13. The topological polar surface area (TPSA) is 58.6 Å². The first kappa shape index (κ1) is 10.2. The number of alkyl carbamates (subject to hydrolysis) is 1. The number of amides is 1. The van der Waals surface area contributed by atoms with Crippen molar-refractivity contribution in [1.29, 1.82) is 0 Å². The minimum absolute atomic E-state index is 0.0501. The van der Waals surface area contributed by atoms with Crippen LogP contribution in [0.25, 0.3) is 0 Å². The van der Waals surface area contributed by atoms with Gasteiger partial charge in [0.2, 0.25) is 0 Å². The summed E-state index contributed by atoms with van der Waals surface area (Å²) in [4.78, 5) is 10.6. The highest BCUT2D eigenvalue weighted by atomic mass is 16.5. The predicted octanol–water partition coefficient (Wildman–Crippen LogP) is 0.359. The average Bonchev–Trinajstić information content (AvgIpc) is 2.02. The van der Waals surface area contributed by atoms with Crippen LogP contribution in [0.15, 0.2) is 0 Å². The first-order chi connectivity index (χ1) is 5.11. The summed E-state index contributed by atoms with van der Waals surface area (Å²) >= 11 is 0. The number of rotatable bonds is 3. The summed E-state index contributed by atoms with van der Waals surface area (Å²) in [6.45, 7) is 3.73. The molecule has 4 nitrogen and oxygen atoms in total. The Balaban J connectivity index is 3.67. The molecule has 0 aromatic heterocycles. The van der Waals surface area contributed by atoms with E-state index in [4.69, 9.17) is 5.11 Å². The molecular weight excluding hydrogens is 146 g/mol. The molecule has 0 rings (SSSR count). The van der Waals surface area contributed by atoms with Crippen LogP contribution in [0.3, 0.4) is 0 Å². The van der Waals surface area contributed by atoms with Crippen LogP contribution < -0.4 is 5.32 Å². The Hall–Kier alpha value is -0.770. The fourth-order valence-corrected chi connectivity index (χ4v) is 0.545. The molecule has 0 aliphatic carbocycles. The lowest BCUT2D eigenvalue weighted by atomic mass is 10.1. The van der Waals surface area contributed by atoms with Gasteiger partial charge < -0.3 is 15.2 Å². The van der Waals surface area contributed by atoms with Crippen LogP contribution >= 0.6 is 0 Å². The largest absolute Gasteiger partial charge is 0.453 e. The van der Waals surface area contributed by atoms with Crippen molar-refractivity contribution in [3.05, 3.63) is 0 Å². The van der Waals surface area contributed by atoms with E-state index in [2.05, 4.69) is 10.1 Å². The van der Waals surface area contributed by atoms with E-state index in [1.54, 1.807) is 0 Å². The molecule has 1 amide bonds. The molecule has 0 bridgehead atoms. The third kappa shape index (κ3) is 3.83. The van der Waals surface area contributed by atoms with E-state index in [1.807, 2.05) is 13.8 Å². The molecule has 0 radical (unpaired) electrons. The molecule has 0 aromatic carbocycles. The normalized spacial score (nSPS) is 15.3. The fraction of sp³-hybridized carbons (Fsp3) is 0.857. The number of methoxy groups -OCH3 is 1. The molecule has 4 heteroatoms. The number of nitrogens with one attached hydrogen (secondary N) is 1. The standard InChI is InChI=1S/C7H15NO3/c1-5(4-9)6(2)8-7(10)11-3/h5-6,9H,4H2,1-3H3,(H,8,10). The second-order valence-corrected chi connectivity index (χ2v) is 2.58. The summed E-state index contributed by atoms with van der Waals surface area (Å²) < 4.78 is 4.38. The molecule has 0 saturated heterocycles. The SMILES string of the molecule is COC(=O)NC(C)C(C)CO. The van der Waals surface area contributed by atoms with Crippen LogP contribution in [0, 0.1) is 5.92 Å². The zero-order valence-electron chi connectivity index (χ0n) is 7.13. The van der Waals surface area contributed by atoms with E-state index in [-0.39, 0.29) is 18.6 Å². The van der Waals surface area contributed by atoms with Crippen molar-refractivity contribution in [2.24, 2.45) is 5.92 Å². The number of carbonyl (C=O) groups excluding carboxylic acids is 1. The van der Waals surface area contributed by atoms with Crippen molar-refractivity contribution in [3.8, 4) is 0 Å². The second-order valence-electron chi connectivity index (χ2n) is 2.58. The van der Waals surface area contributed by atoms with Crippen LogP contribution in [-0.4, -0.2) is 31.0 Å². The lowest BCUT2D eigenvalue weighted by molar-refractivity contribution is 0.155. The van der Waals surface area contributed by atoms with Crippen LogP contribution in [0.1, 0.15) is 13.8 Å². The Morgan fingerprint density at radius 2 is 2.18 bits per heavy atom. The number of carbonyl (C=O) groups is 1. The summed E-state index contributed by atoms with van der Waals surface area (Å²) in [6.07, 6.45) is -0.460. The van der Waals surface area contributed by atoms with E-state index in [9.17, 15) is 4.79 Å². The van der Waals surface area contributed by atoms with Gasteiger partial charge in [-0.25, -0.2) is 4.79 Å². The molecular formula is C7H15NO3. The van der Waals surface area contributed by atoms with Gasteiger partial charge in [0, 0.05) is 12.6 Å². The molecule has 0 aliphatic rings. The number of hydrogen-bond acceptors (Lipinski definition) is 3. The molecule has 0 spiro atoms. The van der Waals surface area contributed by atoms with Crippen molar-refractivity contribution >= 4 is 6.09 Å². The Kier molecular flexibility index (Phi) is 4.61. The highest BCUT2D eigenvalue weighted by Crippen LogP contribution is 2.00. The molecule has 2 atom stereocenters. The molecule has 2 N–H and O–H groups in total. The minimum atomic E-state index is -0.460. The Bertz CT molecular complexity index is 127. The fourth-order valence-electron chi connectivity index (χ4n) is 0.545. The molecule has 2 unspecified atom stereocenters. The molecule has 66 valence electrons. The highest BCUT2D eigenvalue weighted by molar-refractivity contribution is 5.67. The summed E-state index contributed by atoms with van der Waals surface area (Å²) in [5.74, 6) is 0.0501. The van der Waals surface area contributed by atoms with E-state index in [0.29, 0.717) is 0 Å². The smallest absolute Gasteiger partial charge is 0.407 e. The van der Waals surface area contributed by atoms with Crippen molar-refractivity contribution < 1.29 is 14.6 Å². The first-order valence-corrected chi connectivity index (χ1v) is 3.57. The van der Waals surface area contributed by atoms with E-state index in [1.165, 1.54) is 7.11 Å². The van der Waals surface area contributed by atoms with Gasteiger partial charge in [0.1, 0.15) is 0 Å². The predicted molar refractivity (Wildman–Crippen MR) is 41.3 cm³/mol. The summed E-state index contributed by atoms with van der Waals surface area (Å²) in [6, 6.07) is -0.0625.